The second-order valence-electron chi connectivity index (χ2n) is 3.36. The van der Waals surface area contributed by atoms with Gasteiger partial charge in [-0.15, -0.1) is 0 Å². The fraction of sp³-hybridized carbons (Fsp3) is 0.364. The Morgan fingerprint density at radius 3 is 2.94 bits per heavy atom. The summed E-state index contributed by atoms with van der Waals surface area (Å²) in [5, 5.41) is 3.71. The molecule has 1 aromatic rings. The first-order chi connectivity index (χ1) is 7.54. The van der Waals surface area contributed by atoms with E-state index in [1.54, 1.807) is 6.92 Å². The Morgan fingerprint density at radius 1 is 1.62 bits per heavy atom. The second kappa shape index (κ2) is 6.23. The van der Waals surface area contributed by atoms with Crippen LogP contribution in [0.25, 0.3) is 0 Å². The molecule has 1 rings (SSSR count). The van der Waals surface area contributed by atoms with Crippen LogP contribution in [-0.2, 0) is 16.1 Å². The summed E-state index contributed by atoms with van der Waals surface area (Å²) in [4.78, 5) is 11.2. The highest BCUT2D eigenvalue weighted by Crippen LogP contribution is 2.20. The van der Waals surface area contributed by atoms with E-state index in [1.165, 1.54) is 7.11 Å². The molecule has 5 heteroatoms. The molecular weight excluding hydrogens is 293 g/mol. The molecule has 0 aromatic heterocycles. The zero-order chi connectivity index (χ0) is 12.1. The van der Waals surface area contributed by atoms with E-state index in [-0.39, 0.29) is 12.0 Å². The highest BCUT2D eigenvalue weighted by molar-refractivity contribution is 9.10. The third kappa shape index (κ3) is 3.77. The number of methoxy groups -OCH3 is 1. The highest BCUT2D eigenvalue weighted by atomic mass is 79.9. The van der Waals surface area contributed by atoms with Crippen LogP contribution >= 0.6 is 27.5 Å². The lowest BCUT2D eigenvalue weighted by Gasteiger charge is -2.12. The van der Waals surface area contributed by atoms with Crippen molar-refractivity contribution in [3.05, 3.63) is 33.3 Å². The van der Waals surface area contributed by atoms with Crippen LogP contribution in [0, 0.1) is 0 Å². The number of hydrogen-bond acceptors (Lipinski definition) is 3. The molecule has 0 saturated heterocycles. The van der Waals surface area contributed by atoms with E-state index in [4.69, 9.17) is 11.6 Å². The van der Waals surface area contributed by atoms with Gasteiger partial charge in [0.15, 0.2) is 0 Å². The molecular formula is C11H13BrClNO2. The number of carbonyl (C=O) groups excluding carboxylic acids is 1. The van der Waals surface area contributed by atoms with Gasteiger partial charge in [-0.05, 0) is 30.7 Å². The minimum absolute atomic E-state index is 0.286. The van der Waals surface area contributed by atoms with Crippen molar-refractivity contribution in [1.82, 2.24) is 5.32 Å². The van der Waals surface area contributed by atoms with Crippen LogP contribution < -0.4 is 5.32 Å². The van der Waals surface area contributed by atoms with Crippen molar-refractivity contribution in [1.29, 1.82) is 0 Å². The van der Waals surface area contributed by atoms with Gasteiger partial charge in [-0.2, -0.15) is 0 Å². The number of rotatable bonds is 4. The summed E-state index contributed by atoms with van der Waals surface area (Å²) in [6.45, 7) is 2.27. The van der Waals surface area contributed by atoms with E-state index in [9.17, 15) is 4.79 Å². The monoisotopic (exact) mass is 305 g/mol. The van der Waals surface area contributed by atoms with Crippen LogP contribution in [0.1, 0.15) is 12.5 Å². The number of nitrogens with one attached hydrogen (secondary N) is 1. The molecule has 0 unspecified atom stereocenters. The first-order valence-corrected chi connectivity index (χ1v) is 5.97. The molecule has 0 bridgehead atoms. The van der Waals surface area contributed by atoms with Gasteiger partial charge in [0.05, 0.1) is 7.11 Å². The number of esters is 1. The van der Waals surface area contributed by atoms with Crippen molar-refractivity contribution in [3.8, 4) is 0 Å². The molecule has 0 aliphatic rings. The van der Waals surface area contributed by atoms with E-state index < -0.39 is 0 Å². The zero-order valence-corrected chi connectivity index (χ0v) is 11.4. The largest absolute Gasteiger partial charge is 0.468 e. The van der Waals surface area contributed by atoms with Crippen LogP contribution in [0.15, 0.2) is 22.7 Å². The molecule has 0 aliphatic carbocycles. The molecule has 16 heavy (non-hydrogen) atoms. The van der Waals surface area contributed by atoms with Crippen LogP contribution in [0.5, 0.6) is 0 Å². The quantitative estimate of drug-likeness (QED) is 0.869. The van der Waals surface area contributed by atoms with Crippen LogP contribution in [-0.4, -0.2) is 19.1 Å². The SMILES string of the molecule is COC(=O)[C@H](C)NCc1cc(Br)ccc1Cl. The van der Waals surface area contributed by atoms with Crippen molar-refractivity contribution in [2.24, 2.45) is 0 Å². The normalized spacial score (nSPS) is 12.2. The molecule has 88 valence electrons. The summed E-state index contributed by atoms with van der Waals surface area (Å²) in [7, 11) is 1.37. The fourth-order valence-electron chi connectivity index (χ4n) is 1.20. The molecule has 0 heterocycles. The Balaban J connectivity index is 2.60. The average molecular weight is 307 g/mol. The van der Waals surface area contributed by atoms with Gasteiger partial charge in [0.2, 0.25) is 0 Å². The fourth-order valence-corrected chi connectivity index (χ4v) is 1.79. The summed E-state index contributed by atoms with van der Waals surface area (Å²) >= 11 is 9.38. The van der Waals surface area contributed by atoms with Gasteiger partial charge in [-0.1, -0.05) is 27.5 Å². The highest BCUT2D eigenvalue weighted by Gasteiger charge is 2.12. The van der Waals surface area contributed by atoms with E-state index >= 15 is 0 Å². The third-order valence-electron chi connectivity index (χ3n) is 2.16. The van der Waals surface area contributed by atoms with Gasteiger partial charge in [0.25, 0.3) is 0 Å². The molecule has 0 amide bonds. The van der Waals surface area contributed by atoms with Crippen LogP contribution in [0.4, 0.5) is 0 Å². The predicted molar refractivity (Wildman–Crippen MR) is 67.5 cm³/mol. The molecule has 1 atom stereocenters. The van der Waals surface area contributed by atoms with Crippen molar-refractivity contribution in [2.75, 3.05) is 7.11 Å². The molecule has 0 fully saturated rings. The standard InChI is InChI=1S/C11H13BrClNO2/c1-7(11(15)16-2)14-6-8-5-9(12)3-4-10(8)13/h3-5,7,14H,6H2,1-2H3/t7-/m0/s1. The minimum Gasteiger partial charge on any atom is -0.468 e. The number of ether oxygens (including phenoxy) is 1. The Labute approximate surface area is 108 Å². The maximum absolute atomic E-state index is 11.2. The van der Waals surface area contributed by atoms with E-state index in [0.717, 1.165) is 10.0 Å². The third-order valence-corrected chi connectivity index (χ3v) is 3.02. The summed E-state index contributed by atoms with van der Waals surface area (Å²) in [5.41, 5.74) is 0.937. The first kappa shape index (κ1) is 13.5. The maximum Gasteiger partial charge on any atom is 0.322 e. The van der Waals surface area contributed by atoms with Crippen molar-refractivity contribution in [3.63, 3.8) is 0 Å². The Morgan fingerprint density at radius 2 is 2.31 bits per heavy atom. The van der Waals surface area contributed by atoms with Crippen LogP contribution in [0.3, 0.4) is 0 Å². The van der Waals surface area contributed by atoms with E-state index in [2.05, 4.69) is 26.0 Å². The van der Waals surface area contributed by atoms with Gasteiger partial charge in [-0.25, -0.2) is 0 Å². The molecule has 0 aliphatic heterocycles. The summed E-state index contributed by atoms with van der Waals surface area (Å²) in [5.74, 6) is -0.286. The van der Waals surface area contributed by atoms with Crippen molar-refractivity contribution in [2.45, 2.75) is 19.5 Å². The smallest absolute Gasteiger partial charge is 0.322 e. The van der Waals surface area contributed by atoms with Gasteiger partial charge in [0.1, 0.15) is 6.04 Å². The zero-order valence-electron chi connectivity index (χ0n) is 9.09. The molecule has 0 saturated carbocycles. The van der Waals surface area contributed by atoms with E-state index in [0.29, 0.717) is 11.6 Å². The number of carbonyl (C=O) groups is 1. The molecule has 1 aromatic carbocycles. The molecule has 3 nitrogen and oxygen atoms in total. The lowest BCUT2D eigenvalue weighted by Crippen LogP contribution is -2.34. The summed E-state index contributed by atoms with van der Waals surface area (Å²) in [6.07, 6.45) is 0. The Kier molecular flexibility index (Phi) is 5.25. The molecule has 0 spiro atoms. The lowest BCUT2D eigenvalue weighted by molar-refractivity contribution is -0.142. The minimum atomic E-state index is -0.347. The van der Waals surface area contributed by atoms with E-state index in [1.807, 2.05) is 18.2 Å². The van der Waals surface area contributed by atoms with Gasteiger partial charge < -0.3 is 10.1 Å². The molecule has 0 radical (unpaired) electrons. The van der Waals surface area contributed by atoms with Gasteiger partial charge >= 0.3 is 5.97 Å². The van der Waals surface area contributed by atoms with Crippen molar-refractivity contribution >= 4 is 33.5 Å². The average Bonchev–Trinajstić information content (AvgIpc) is 2.28. The van der Waals surface area contributed by atoms with Gasteiger partial charge in [0, 0.05) is 16.0 Å². The predicted octanol–water partition coefficient (Wildman–Crippen LogP) is 2.75. The maximum atomic E-state index is 11.2. The van der Waals surface area contributed by atoms with Crippen molar-refractivity contribution < 1.29 is 9.53 Å². The summed E-state index contributed by atoms with van der Waals surface area (Å²) in [6, 6.07) is 5.25. The van der Waals surface area contributed by atoms with Gasteiger partial charge in [-0.3, -0.25) is 4.79 Å². The number of halogens is 2. The number of hydrogen-bond donors (Lipinski definition) is 1. The first-order valence-electron chi connectivity index (χ1n) is 4.79. The Bertz CT molecular complexity index is 384. The lowest BCUT2D eigenvalue weighted by atomic mass is 10.2. The second-order valence-corrected chi connectivity index (χ2v) is 4.68. The van der Waals surface area contributed by atoms with Crippen LogP contribution in [0.2, 0.25) is 5.02 Å². The topological polar surface area (TPSA) is 38.3 Å². The molecule has 1 N–H and O–H groups in total. The Hall–Kier alpha value is -0.580. The summed E-state index contributed by atoms with van der Waals surface area (Å²) < 4.78 is 5.57. The number of benzene rings is 1.